The van der Waals surface area contributed by atoms with Gasteiger partial charge in [-0.3, -0.25) is 0 Å². The molecule has 0 saturated heterocycles. The normalized spacial score (nSPS) is 11.0. The van der Waals surface area contributed by atoms with Crippen LogP contribution >= 0.6 is 0 Å². The van der Waals surface area contributed by atoms with E-state index in [-0.39, 0.29) is 83.5 Å². The molecule has 0 bridgehead atoms. The molecular weight excluding hydrogens is 408 g/mol. The molecule has 0 saturated carbocycles. The molecular formula is C18H26O12. The number of benzene rings is 1. The molecule has 30 heavy (non-hydrogen) atoms. The molecule has 4 N–H and O–H groups in total. The van der Waals surface area contributed by atoms with Gasteiger partial charge in [-0.15, -0.1) is 0 Å². The topological polar surface area (TPSA) is 170 Å². The quantitative estimate of drug-likeness (QED) is 0.180. The fourth-order valence-electron chi connectivity index (χ4n) is 2.19. The van der Waals surface area contributed by atoms with Crippen molar-refractivity contribution in [2.45, 2.75) is 13.2 Å². The molecule has 12 heteroatoms. The molecule has 0 aliphatic rings. The molecule has 12 nitrogen and oxygen atoms in total. The van der Waals surface area contributed by atoms with Crippen molar-refractivity contribution >= 4 is 11.9 Å². The zero-order valence-corrected chi connectivity index (χ0v) is 16.3. The van der Waals surface area contributed by atoms with E-state index in [1.165, 1.54) is 6.07 Å². The predicted molar refractivity (Wildman–Crippen MR) is 97.7 cm³/mol. The lowest BCUT2D eigenvalue weighted by Gasteiger charge is -2.15. The Bertz CT molecular complexity index is 648. The lowest BCUT2D eigenvalue weighted by atomic mass is 9.98. The molecule has 0 fully saturated rings. The second-order valence-corrected chi connectivity index (χ2v) is 5.61. The van der Waals surface area contributed by atoms with Crippen LogP contribution in [0.4, 0.5) is 0 Å². The Balaban J connectivity index is 2.75. The highest BCUT2D eigenvalue weighted by atomic mass is 16.7. The molecule has 1 aromatic carbocycles. The van der Waals surface area contributed by atoms with Crippen LogP contribution in [0.3, 0.4) is 0 Å². The average molecular weight is 434 g/mol. The summed E-state index contributed by atoms with van der Waals surface area (Å²) >= 11 is 0. The third kappa shape index (κ3) is 10.0. The summed E-state index contributed by atoms with van der Waals surface area (Å²) in [5, 5.41) is 35.9. The Morgan fingerprint density at radius 3 is 1.73 bits per heavy atom. The number of aromatic carboxylic acids is 2. The van der Waals surface area contributed by atoms with Crippen LogP contribution in [0.2, 0.25) is 0 Å². The molecule has 0 radical (unpaired) electrons. The van der Waals surface area contributed by atoms with Crippen molar-refractivity contribution in [1.29, 1.82) is 0 Å². The Morgan fingerprint density at radius 2 is 1.23 bits per heavy atom. The van der Waals surface area contributed by atoms with Gasteiger partial charge in [0.25, 0.3) is 0 Å². The Kier molecular flexibility index (Phi) is 13.5. The van der Waals surface area contributed by atoms with Crippen LogP contribution in [0, 0.1) is 0 Å². The van der Waals surface area contributed by atoms with Gasteiger partial charge in [-0.1, -0.05) is 0 Å². The van der Waals surface area contributed by atoms with Crippen molar-refractivity contribution in [1.82, 2.24) is 0 Å². The predicted octanol–water partition coefficient (Wildman–Crippen LogP) is -0.00280. The summed E-state index contributed by atoms with van der Waals surface area (Å²) in [5.41, 5.74) is 0.0699. The van der Waals surface area contributed by atoms with Gasteiger partial charge in [0.1, 0.15) is 27.2 Å². The summed E-state index contributed by atoms with van der Waals surface area (Å²) in [7, 11) is 0. The lowest BCUT2D eigenvalue weighted by molar-refractivity contribution is -0.141. The first-order valence-electron chi connectivity index (χ1n) is 8.81. The number of aliphatic hydroxyl groups is 2. The molecule has 1 rings (SSSR count). The van der Waals surface area contributed by atoms with Crippen molar-refractivity contribution in [3.63, 3.8) is 0 Å². The summed E-state index contributed by atoms with van der Waals surface area (Å²) in [4.78, 5) is 22.9. The van der Waals surface area contributed by atoms with Crippen molar-refractivity contribution in [2.24, 2.45) is 0 Å². The first-order chi connectivity index (χ1) is 14.5. The third-order valence-corrected chi connectivity index (χ3v) is 3.46. The third-order valence-electron chi connectivity index (χ3n) is 3.46. The second kappa shape index (κ2) is 15.6. The number of rotatable bonds is 18. The minimum Gasteiger partial charge on any atom is -0.478 e. The fraction of sp³-hybridized carbons (Fsp3) is 0.556. The number of carboxylic acid groups (broad SMARTS) is 2. The summed E-state index contributed by atoms with van der Waals surface area (Å²) in [6, 6.07) is 2.33. The molecule has 1 aromatic rings. The molecule has 0 aliphatic heterocycles. The van der Waals surface area contributed by atoms with E-state index in [4.69, 9.17) is 38.6 Å². The van der Waals surface area contributed by atoms with E-state index < -0.39 is 11.9 Å². The van der Waals surface area contributed by atoms with E-state index in [1.54, 1.807) is 0 Å². The molecule has 170 valence electrons. The zero-order valence-electron chi connectivity index (χ0n) is 16.3. The van der Waals surface area contributed by atoms with Crippen LogP contribution in [-0.4, -0.2) is 86.0 Å². The number of hydrogen-bond acceptors (Lipinski definition) is 10. The molecule has 0 aromatic heterocycles. The zero-order chi connectivity index (χ0) is 22.2. The van der Waals surface area contributed by atoms with Crippen LogP contribution in [0.15, 0.2) is 12.1 Å². The van der Waals surface area contributed by atoms with Crippen molar-refractivity contribution < 1.29 is 58.4 Å². The number of aliphatic hydroxyl groups excluding tert-OH is 2. The Hall–Kier alpha value is -2.16. The lowest BCUT2D eigenvalue weighted by Crippen LogP contribution is -2.14. The van der Waals surface area contributed by atoms with E-state index in [0.717, 1.165) is 6.07 Å². The number of ether oxygens (including phenoxy) is 6. The summed E-state index contributed by atoms with van der Waals surface area (Å²) in [6.45, 7) is -1.04. The van der Waals surface area contributed by atoms with Crippen molar-refractivity contribution in [3.05, 3.63) is 34.4 Å². The highest BCUT2D eigenvalue weighted by Gasteiger charge is 2.19. The van der Waals surface area contributed by atoms with Gasteiger partial charge in [-0.05, 0) is 23.3 Å². The first kappa shape index (κ1) is 25.9. The van der Waals surface area contributed by atoms with Gasteiger partial charge < -0.3 is 48.8 Å². The number of carbonyl (C=O) groups is 2. The van der Waals surface area contributed by atoms with Gasteiger partial charge in [-0.25, -0.2) is 9.59 Å². The Labute approximate surface area is 172 Å². The molecule has 0 heterocycles. The maximum atomic E-state index is 11.6. The van der Waals surface area contributed by atoms with Gasteiger partial charge in [0.15, 0.2) is 0 Å². The van der Waals surface area contributed by atoms with E-state index in [0.29, 0.717) is 5.56 Å². The number of hydrogen-bond donors (Lipinski definition) is 4. The van der Waals surface area contributed by atoms with Crippen molar-refractivity contribution in [3.8, 4) is 0 Å². The van der Waals surface area contributed by atoms with Crippen molar-refractivity contribution in [2.75, 3.05) is 53.6 Å². The van der Waals surface area contributed by atoms with Crippen LogP contribution < -0.4 is 0 Å². The minimum atomic E-state index is -1.32. The van der Waals surface area contributed by atoms with E-state index >= 15 is 0 Å². The largest absolute Gasteiger partial charge is 0.478 e. The number of carboxylic acids is 2. The highest BCUT2D eigenvalue weighted by Crippen LogP contribution is 2.21. The first-order valence-corrected chi connectivity index (χ1v) is 8.81. The van der Waals surface area contributed by atoms with Crippen LogP contribution in [0.5, 0.6) is 0 Å². The molecule has 0 aliphatic carbocycles. The molecule has 0 atom stereocenters. The maximum Gasteiger partial charge on any atom is 0.336 e. The highest BCUT2D eigenvalue weighted by molar-refractivity contribution is 5.95. The maximum absolute atomic E-state index is 11.6. The van der Waals surface area contributed by atoms with Gasteiger partial charge in [0.2, 0.25) is 0 Å². The Morgan fingerprint density at radius 1 is 0.700 bits per heavy atom. The second-order valence-electron chi connectivity index (χ2n) is 5.61. The molecule has 0 spiro atoms. The van der Waals surface area contributed by atoms with Gasteiger partial charge >= 0.3 is 11.9 Å². The van der Waals surface area contributed by atoms with Crippen LogP contribution in [0.1, 0.15) is 31.8 Å². The smallest absolute Gasteiger partial charge is 0.336 e. The molecule has 0 unspecified atom stereocenters. The van der Waals surface area contributed by atoms with Crippen LogP contribution in [-0.2, 0) is 41.6 Å². The standard InChI is InChI=1S/C18H26O12/c19-1-3-25-9-29-11-27-7-14-5-13(17(21)22)6-15(18(23)24)16(14)8-28-12-30-10-26-4-2-20/h5-6,19-20H,1-4,7-12H2,(H,21,22)(H,23,24). The monoisotopic (exact) mass is 434 g/mol. The summed E-state index contributed by atoms with van der Waals surface area (Å²) in [5.74, 6) is -2.61. The summed E-state index contributed by atoms with van der Waals surface area (Å²) < 4.78 is 30.4. The summed E-state index contributed by atoms with van der Waals surface area (Å²) in [6.07, 6.45) is 0. The van der Waals surface area contributed by atoms with Gasteiger partial charge in [-0.2, -0.15) is 0 Å². The SMILES string of the molecule is O=C(O)c1cc(COCOCOCCO)c(COCOCOCCO)c(C(=O)O)c1. The van der Waals surface area contributed by atoms with Gasteiger partial charge in [0, 0.05) is 0 Å². The van der Waals surface area contributed by atoms with Gasteiger partial charge in [0.05, 0.1) is 50.8 Å². The van der Waals surface area contributed by atoms with E-state index in [9.17, 15) is 19.8 Å². The van der Waals surface area contributed by atoms with E-state index in [1.807, 2.05) is 0 Å². The average Bonchev–Trinajstić information content (AvgIpc) is 2.72. The fourth-order valence-corrected chi connectivity index (χ4v) is 2.19. The van der Waals surface area contributed by atoms with E-state index in [2.05, 4.69) is 0 Å². The molecule has 0 amide bonds. The minimum absolute atomic E-state index is 0.106. The van der Waals surface area contributed by atoms with Crippen LogP contribution in [0.25, 0.3) is 0 Å².